The van der Waals surface area contributed by atoms with Crippen LogP contribution in [0, 0.1) is 5.41 Å². The van der Waals surface area contributed by atoms with Gasteiger partial charge in [-0.15, -0.1) is 0 Å². The molecular formula is C14H21N. The van der Waals surface area contributed by atoms with Crippen LogP contribution >= 0.6 is 0 Å². The third-order valence-electron chi connectivity index (χ3n) is 3.44. The molecule has 0 bridgehead atoms. The van der Waals surface area contributed by atoms with Crippen molar-refractivity contribution in [3.8, 4) is 0 Å². The van der Waals surface area contributed by atoms with E-state index in [4.69, 9.17) is 0 Å². The predicted octanol–water partition coefficient (Wildman–Crippen LogP) is 3.48. The molecule has 0 amide bonds. The lowest BCUT2D eigenvalue weighted by Gasteiger charge is -2.56. The van der Waals surface area contributed by atoms with Crippen LogP contribution in [0.1, 0.15) is 39.3 Å². The van der Waals surface area contributed by atoms with Crippen molar-refractivity contribution in [3.05, 3.63) is 35.9 Å². The lowest BCUT2D eigenvalue weighted by molar-refractivity contribution is -0.0735. The molecule has 1 aliphatic rings. The van der Waals surface area contributed by atoms with E-state index in [1.165, 1.54) is 12.1 Å². The number of hydrogen-bond acceptors (Lipinski definition) is 1. The Morgan fingerprint density at radius 2 is 1.80 bits per heavy atom. The van der Waals surface area contributed by atoms with E-state index in [1.807, 2.05) is 0 Å². The van der Waals surface area contributed by atoms with Crippen LogP contribution in [0.5, 0.6) is 0 Å². The van der Waals surface area contributed by atoms with Gasteiger partial charge in [-0.05, 0) is 24.8 Å². The van der Waals surface area contributed by atoms with Gasteiger partial charge in [-0.25, -0.2) is 0 Å². The SMILES string of the molecule is CC(C)N1CC(C)(C)C1c1ccccc1. The highest BCUT2D eigenvalue weighted by molar-refractivity contribution is 5.24. The summed E-state index contributed by atoms with van der Waals surface area (Å²) in [6.07, 6.45) is 0. The molecule has 1 heterocycles. The minimum Gasteiger partial charge on any atom is -0.293 e. The maximum absolute atomic E-state index is 2.58. The first-order valence-electron chi connectivity index (χ1n) is 5.83. The Morgan fingerprint density at radius 3 is 2.27 bits per heavy atom. The van der Waals surface area contributed by atoms with Crippen molar-refractivity contribution in [2.75, 3.05) is 6.54 Å². The van der Waals surface area contributed by atoms with Gasteiger partial charge in [0.15, 0.2) is 0 Å². The van der Waals surface area contributed by atoms with Crippen molar-refractivity contribution in [2.24, 2.45) is 5.41 Å². The van der Waals surface area contributed by atoms with Crippen LogP contribution in [-0.4, -0.2) is 17.5 Å². The molecule has 1 fully saturated rings. The summed E-state index contributed by atoms with van der Waals surface area (Å²) in [6, 6.07) is 12.1. The molecule has 2 rings (SSSR count). The second-order valence-corrected chi connectivity index (χ2v) is 5.57. The van der Waals surface area contributed by atoms with Gasteiger partial charge in [0.1, 0.15) is 0 Å². The van der Waals surface area contributed by atoms with Gasteiger partial charge < -0.3 is 0 Å². The van der Waals surface area contributed by atoms with E-state index in [0.29, 0.717) is 17.5 Å². The lowest BCUT2D eigenvalue weighted by Crippen LogP contribution is -2.57. The molecule has 1 aromatic carbocycles. The molecule has 0 spiro atoms. The number of nitrogens with zero attached hydrogens (tertiary/aromatic N) is 1. The highest BCUT2D eigenvalue weighted by Gasteiger charge is 2.46. The fourth-order valence-corrected chi connectivity index (χ4v) is 2.74. The molecule has 1 aromatic rings. The highest BCUT2D eigenvalue weighted by Crippen LogP contribution is 2.49. The Balaban J connectivity index is 2.26. The number of hydrogen-bond donors (Lipinski definition) is 0. The van der Waals surface area contributed by atoms with E-state index in [2.05, 4.69) is 62.9 Å². The van der Waals surface area contributed by atoms with E-state index in [0.717, 1.165) is 0 Å². The topological polar surface area (TPSA) is 3.24 Å². The smallest absolute Gasteiger partial charge is 0.0414 e. The zero-order chi connectivity index (χ0) is 11.1. The fraction of sp³-hybridized carbons (Fsp3) is 0.571. The lowest BCUT2D eigenvalue weighted by atomic mass is 9.71. The van der Waals surface area contributed by atoms with E-state index in [9.17, 15) is 0 Å². The van der Waals surface area contributed by atoms with Crippen LogP contribution < -0.4 is 0 Å². The summed E-state index contributed by atoms with van der Waals surface area (Å²) in [4.78, 5) is 2.58. The molecule has 0 aromatic heterocycles. The molecule has 0 radical (unpaired) electrons. The Morgan fingerprint density at radius 1 is 1.20 bits per heavy atom. The second-order valence-electron chi connectivity index (χ2n) is 5.57. The average molecular weight is 203 g/mol. The van der Waals surface area contributed by atoms with Gasteiger partial charge in [0.2, 0.25) is 0 Å². The van der Waals surface area contributed by atoms with Crippen molar-refractivity contribution in [3.63, 3.8) is 0 Å². The zero-order valence-electron chi connectivity index (χ0n) is 10.2. The Kier molecular flexibility index (Phi) is 2.59. The van der Waals surface area contributed by atoms with Crippen LogP contribution in [0.25, 0.3) is 0 Å². The van der Waals surface area contributed by atoms with Crippen molar-refractivity contribution in [1.82, 2.24) is 4.90 Å². The van der Waals surface area contributed by atoms with Crippen LogP contribution in [0.4, 0.5) is 0 Å². The van der Waals surface area contributed by atoms with E-state index in [-0.39, 0.29) is 0 Å². The largest absolute Gasteiger partial charge is 0.293 e. The molecule has 82 valence electrons. The van der Waals surface area contributed by atoms with Crippen LogP contribution in [0.15, 0.2) is 30.3 Å². The maximum Gasteiger partial charge on any atom is 0.0414 e. The van der Waals surface area contributed by atoms with E-state index >= 15 is 0 Å². The average Bonchev–Trinajstić information content (AvgIpc) is 2.16. The summed E-state index contributed by atoms with van der Waals surface area (Å²) in [5.41, 5.74) is 1.88. The Bertz CT molecular complexity index is 326. The van der Waals surface area contributed by atoms with Crippen molar-refractivity contribution in [2.45, 2.75) is 39.8 Å². The molecule has 1 atom stereocenters. The van der Waals surface area contributed by atoms with Gasteiger partial charge in [-0.1, -0.05) is 44.2 Å². The van der Waals surface area contributed by atoms with Crippen LogP contribution in [0.3, 0.4) is 0 Å². The number of benzene rings is 1. The van der Waals surface area contributed by atoms with Crippen molar-refractivity contribution >= 4 is 0 Å². The Labute approximate surface area is 93.1 Å². The number of rotatable bonds is 2. The predicted molar refractivity (Wildman–Crippen MR) is 64.8 cm³/mol. The number of likely N-dealkylation sites (tertiary alicyclic amines) is 1. The minimum absolute atomic E-state index is 0.422. The van der Waals surface area contributed by atoms with E-state index in [1.54, 1.807) is 0 Å². The first kappa shape index (κ1) is 10.7. The molecule has 0 N–H and O–H groups in total. The molecule has 1 heteroatoms. The molecule has 1 saturated heterocycles. The maximum atomic E-state index is 2.58. The highest BCUT2D eigenvalue weighted by atomic mass is 15.3. The third kappa shape index (κ3) is 1.81. The van der Waals surface area contributed by atoms with Gasteiger partial charge in [0.25, 0.3) is 0 Å². The molecule has 1 nitrogen and oxygen atoms in total. The monoisotopic (exact) mass is 203 g/mol. The normalized spacial score (nSPS) is 25.3. The third-order valence-corrected chi connectivity index (χ3v) is 3.44. The second kappa shape index (κ2) is 3.64. The molecular weight excluding hydrogens is 182 g/mol. The summed E-state index contributed by atoms with van der Waals surface area (Å²) in [6.45, 7) is 10.5. The molecule has 0 saturated carbocycles. The van der Waals surface area contributed by atoms with Gasteiger partial charge in [0.05, 0.1) is 0 Å². The fourth-order valence-electron chi connectivity index (χ4n) is 2.74. The standard InChI is InChI=1S/C14H21N/c1-11(2)15-10-14(3,4)13(15)12-8-6-5-7-9-12/h5-9,11,13H,10H2,1-4H3. The van der Waals surface area contributed by atoms with Gasteiger partial charge in [0, 0.05) is 18.6 Å². The molecule has 1 aliphatic heterocycles. The summed E-state index contributed by atoms with van der Waals surface area (Å²) >= 11 is 0. The Hall–Kier alpha value is -0.820. The summed E-state index contributed by atoms with van der Waals surface area (Å²) < 4.78 is 0. The van der Waals surface area contributed by atoms with Gasteiger partial charge in [-0.2, -0.15) is 0 Å². The zero-order valence-corrected chi connectivity index (χ0v) is 10.2. The summed E-state index contributed by atoms with van der Waals surface area (Å²) in [5, 5.41) is 0. The quantitative estimate of drug-likeness (QED) is 0.711. The molecule has 1 unspecified atom stereocenters. The minimum atomic E-state index is 0.422. The first-order valence-corrected chi connectivity index (χ1v) is 5.83. The van der Waals surface area contributed by atoms with Crippen molar-refractivity contribution in [1.29, 1.82) is 0 Å². The van der Waals surface area contributed by atoms with Gasteiger partial charge >= 0.3 is 0 Å². The van der Waals surface area contributed by atoms with E-state index < -0.39 is 0 Å². The summed E-state index contributed by atoms with van der Waals surface area (Å²) in [5.74, 6) is 0. The molecule has 0 aliphatic carbocycles. The van der Waals surface area contributed by atoms with Crippen molar-refractivity contribution < 1.29 is 0 Å². The van der Waals surface area contributed by atoms with Gasteiger partial charge in [-0.3, -0.25) is 4.90 Å². The first-order chi connectivity index (χ1) is 7.02. The van der Waals surface area contributed by atoms with Crippen LogP contribution in [0.2, 0.25) is 0 Å². The molecule has 15 heavy (non-hydrogen) atoms. The summed E-state index contributed by atoms with van der Waals surface area (Å²) in [7, 11) is 0. The van der Waals surface area contributed by atoms with Crippen LogP contribution in [-0.2, 0) is 0 Å².